The second-order valence-corrected chi connectivity index (χ2v) is 5.22. The van der Waals surface area contributed by atoms with Crippen molar-refractivity contribution in [3.8, 4) is 0 Å². The van der Waals surface area contributed by atoms with Gasteiger partial charge < -0.3 is 14.8 Å². The van der Waals surface area contributed by atoms with Gasteiger partial charge in [-0.25, -0.2) is 9.87 Å². The molecule has 0 aliphatic carbocycles. The summed E-state index contributed by atoms with van der Waals surface area (Å²) in [6.07, 6.45) is 3.73. The molecule has 0 bridgehead atoms. The van der Waals surface area contributed by atoms with Crippen LogP contribution in [0.1, 0.15) is 30.0 Å². The lowest BCUT2D eigenvalue weighted by Gasteiger charge is -2.07. The number of pyridine rings is 1. The maximum atomic E-state index is 13.9. The average Bonchev–Trinajstić information content (AvgIpc) is 3.08. The van der Waals surface area contributed by atoms with Gasteiger partial charge in [-0.2, -0.15) is 0 Å². The van der Waals surface area contributed by atoms with Crippen molar-refractivity contribution in [1.82, 2.24) is 10.5 Å². The summed E-state index contributed by atoms with van der Waals surface area (Å²) in [5, 5.41) is 11.6. The zero-order valence-electron chi connectivity index (χ0n) is 16.5. The first kappa shape index (κ1) is 23.2. The Morgan fingerprint density at radius 2 is 2.07 bits per heavy atom. The van der Waals surface area contributed by atoms with Crippen LogP contribution in [0.4, 0.5) is 15.8 Å². The predicted octanol–water partition coefficient (Wildman–Crippen LogP) is 3.99. The molecule has 0 unspecified atom stereocenters. The van der Waals surface area contributed by atoms with E-state index in [1.807, 2.05) is 13.8 Å². The summed E-state index contributed by atoms with van der Waals surface area (Å²) in [6, 6.07) is 6.48. The van der Waals surface area contributed by atoms with Crippen LogP contribution in [0.3, 0.4) is 0 Å². The fraction of sp³-hybridized carbons (Fsp3) is 0.300. The summed E-state index contributed by atoms with van der Waals surface area (Å²) in [4.78, 5) is 19.6. The van der Waals surface area contributed by atoms with Gasteiger partial charge in [0.25, 0.3) is 0 Å². The molecule has 3 aromatic rings. The predicted molar refractivity (Wildman–Crippen MR) is 107 cm³/mol. The maximum Gasteiger partial charge on any atom is 0.191 e. The van der Waals surface area contributed by atoms with Crippen molar-refractivity contribution < 1.29 is 23.5 Å². The summed E-state index contributed by atoms with van der Waals surface area (Å²) < 4.78 is 19.3. The SMILES string of the molecule is CC.CNOCCO.Cc1ccc(Nc2c(C=O)oc3ccncc23)c(F)c1. The lowest BCUT2D eigenvalue weighted by Crippen LogP contribution is -2.10. The average molecular weight is 391 g/mol. The molecule has 7 nitrogen and oxygen atoms in total. The Morgan fingerprint density at radius 3 is 2.64 bits per heavy atom. The molecule has 0 fully saturated rings. The highest BCUT2D eigenvalue weighted by Crippen LogP contribution is 2.32. The van der Waals surface area contributed by atoms with E-state index in [1.54, 1.807) is 44.6 Å². The van der Waals surface area contributed by atoms with Crippen molar-refractivity contribution in [3.63, 3.8) is 0 Å². The quantitative estimate of drug-likeness (QED) is 0.332. The molecule has 0 saturated carbocycles. The number of nitrogens with zero attached hydrogens (tertiary/aromatic N) is 1. The van der Waals surface area contributed by atoms with Gasteiger partial charge >= 0.3 is 0 Å². The minimum atomic E-state index is -0.389. The van der Waals surface area contributed by atoms with Crippen molar-refractivity contribution in [2.45, 2.75) is 20.8 Å². The molecule has 2 heterocycles. The van der Waals surface area contributed by atoms with E-state index >= 15 is 0 Å². The molecule has 0 atom stereocenters. The molecule has 0 radical (unpaired) electrons. The van der Waals surface area contributed by atoms with Gasteiger partial charge in [-0.3, -0.25) is 14.6 Å². The molecular formula is C20H26FN3O4. The Bertz CT molecular complexity index is 864. The van der Waals surface area contributed by atoms with Crippen molar-refractivity contribution in [1.29, 1.82) is 0 Å². The molecular weight excluding hydrogens is 365 g/mol. The van der Waals surface area contributed by atoms with E-state index in [2.05, 4.69) is 20.6 Å². The zero-order valence-corrected chi connectivity index (χ0v) is 16.5. The number of aromatic nitrogens is 1. The summed E-state index contributed by atoms with van der Waals surface area (Å²) >= 11 is 0. The van der Waals surface area contributed by atoms with Crippen molar-refractivity contribution >= 4 is 28.6 Å². The number of aliphatic hydroxyl groups is 1. The van der Waals surface area contributed by atoms with E-state index in [0.717, 1.165) is 5.56 Å². The lowest BCUT2D eigenvalue weighted by molar-refractivity contribution is 0.0314. The molecule has 0 spiro atoms. The third kappa shape index (κ3) is 6.41. The van der Waals surface area contributed by atoms with Crippen molar-refractivity contribution in [2.75, 3.05) is 25.6 Å². The van der Waals surface area contributed by atoms with E-state index in [0.29, 0.717) is 29.5 Å². The molecule has 3 rings (SSSR count). The summed E-state index contributed by atoms with van der Waals surface area (Å²) in [7, 11) is 1.65. The number of anilines is 2. The number of hydroxylamine groups is 1. The molecule has 1 aromatic carbocycles. The number of carbonyl (C=O) groups excluding carboxylic acids is 1. The molecule has 0 amide bonds. The molecule has 28 heavy (non-hydrogen) atoms. The number of nitrogens with one attached hydrogen (secondary N) is 2. The topological polar surface area (TPSA) is 96.6 Å². The van der Waals surface area contributed by atoms with Crippen LogP contribution in [0.15, 0.2) is 41.1 Å². The van der Waals surface area contributed by atoms with E-state index in [9.17, 15) is 9.18 Å². The van der Waals surface area contributed by atoms with Gasteiger partial charge in [0.05, 0.1) is 30.0 Å². The Hall–Kier alpha value is -2.81. The maximum absolute atomic E-state index is 13.9. The van der Waals surface area contributed by atoms with Gasteiger partial charge in [-0.05, 0) is 30.7 Å². The second-order valence-electron chi connectivity index (χ2n) is 5.22. The minimum absolute atomic E-state index is 0.0703. The molecule has 3 N–H and O–H groups in total. The van der Waals surface area contributed by atoms with Crippen LogP contribution in [0.2, 0.25) is 0 Å². The van der Waals surface area contributed by atoms with Crippen molar-refractivity contribution in [2.24, 2.45) is 0 Å². The number of furan rings is 1. The third-order valence-electron chi connectivity index (χ3n) is 3.35. The number of fused-ring (bicyclic) bond motifs is 1. The highest BCUT2D eigenvalue weighted by atomic mass is 19.1. The third-order valence-corrected chi connectivity index (χ3v) is 3.35. The van der Waals surface area contributed by atoms with Crippen LogP contribution < -0.4 is 10.8 Å². The smallest absolute Gasteiger partial charge is 0.191 e. The number of hydrogen-bond donors (Lipinski definition) is 3. The molecule has 0 aliphatic heterocycles. The minimum Gasteiger partial charge on any atom is -0.451 e. The van der Waals surface area contributed by atoms with Gasteiger partial charge in [-0.1, -0.05) is 19.9 Å². The first-order valence-corrected chi connectivity index (χ1v) is 8.85. The normalized spacial score (nSPS) is 9.79. The molecule has 8 heteroatoms. The van der Waals surface area contributed by atoms with Crippen LogP contribution in [0.25, 0.3) is 11.0 Å². The summed E-state index contributed by atoms with van der Waals surface area (Å²) in [5.74, 6) is -0.270. The first-order valence-electron chi connectivity index (χ1n) is 8.85. The highest BCUT2D eigenvalue weighted by molar-refractivity contribution is 6.00. The molecule has 0 aliphatic rings. The van der Waals surface area contributed by atoms with Crippen LogP contribution >= 0.6 is 0 Å². The second kappa shape index (κ2) is 12.6. The van der Waals surface area contributed by atoms with Gasteiger partial charge in [-0.15, -0.1) is 0 Å². The van der Waals surface area contributed by atoms with Crippen molar-refractivity contribution in [3.05, 3.63) is 53.8 Å². The Balaban J connectivity index is 0.000000422. The Morgan fingerprint density at radius 1 is 1.32 bits per heavy atom. The van der Waals surface area contributed by atoms with Crippen LogP contribution in [-0.4, -0.2) is 36.6 Å². The molecule has 0 saturated heterocycles. The number of aliphatic hydroxyl groups excluding tert-OH is 1. The standard InChI is InChI=1S/C15H11FN2O2.C3H9NO2.C2H6/c1-9-2-3-12(11(16)6-9)18-15-10-7-17-5-4-13(10)20-14(15)8-19;1-4-6-3-2-5;1-2/h2-8,18H,1H3;4-5H,2-3H2,1H3;1-2H3. The van der Waals surface area contributed by atoms with E-state index in [-0.39, 0.29) is 23.9 Å². The van der Waals surface area contributed by atoms with Gasteiger partial charge in [0.2, 0.25) is 0 Å². The Kier molecular flexibility index (Phi) is 10.4. The Labute approximate surface area is 163 Å². The van der Waals surface area contributed by atoms with Crippen LogP contribution in [0.5, 0.6) is 0 Å². The number of aryl methyl sites for hydroxylation is 1. The van der Waals surface area contributed by atoms with E-state index in [4.69, 9.17) is 9.52 Å². The molecule has 2 aromatic heterocycles. The van der Waals surface area contributed by atoms with Crippen LogP contribution in [0, 0.1) is 12.7 Å². The summed E-state index contributed by atoms with van der Waals surface area (Å²) in [5.41, 5.74) is 4.46. The number of benzene rings is 1. The van der Waals surface area contributed by atoms with E-state index in [1.165, 1.54) is 6.07 Å². The monoisotopic (exact) mass is 391 g/mol. The van der Waals surface area contributed by atoms with Gasteiger partial charge in [0.15, 0.2) is 12.0 Å². The first-order chi connectivity index (χ1) is 13.6. The van der Waals surface area contributed by atoms with Gasteiger partial charge in [0, 0.05) is 19.4 Å². The largest absolute Gasteiger partial charge is 0.451 e. The van der Waals surface area contributed by atoms with Crippen LogP contribution in [-0.2, 0) is 4.84 Å². The number of halogens is 1. The number of rotatable bonds is 6. The number of carbonyl (C=O) groups is 1. The molecule has 152 valence electrons. The fourth-order valence-electron chi connectivity index (χ4n) is 2.18. The fourth-order valence-corrected chi connectivity index (χ4v) is 2.18. The lowest BCUT2D eigenvalue weighted by atomic mass is 10.2. The van der Waals surface area contributed by atoms with E-state index < -0.39 is 0 Å². The number of aldehydes is 1. The summed E-state index contributed by atoms with van der Waals surface area (Å²) in [6.45, 7) is 6.23. The number of hydrogen-bond acceptors (Lipinski definition) is 7. The zero-order chi connectivity index (χ0) is 20.9. The van der Waals surface area contributed by atoms with Gasteiger partial charge in [0.1, 0.15) is 11.4 Å². The highest BCUT2D eigenvalue weighted by Gasteiger charge is 2.15.